The lowest BCUT2D eigenvalue weighted by molar-refractivity contribution is 0.0741. The number of hydrogen-bond donors (Lipinski definition) is 1. The second kappa shape index (κ2) is 5.43. The number of pyridine rings is 1. The van der Waals surface area contributed by atoms with E-state index < -0.39 is 0 Å². The van der Waals surface area contributed by atoms with Crippen molar-refractivity contribution in [2.24, 2.45) is 7.05 Å². The van der Waals surface area contributed by atoms with Gasteiger partial charge in [0, 0.05) is 39.4 Å². The van der Waals surface area contributed by atoms with Gasteiger partial charge in [0.15, 0.2) is 0 Å². The molecule has 2 N–H and O–H groups in total. The van der Waals surface area contributed by atoms with Crippen LogP contribution in [0, 0.1) is 0 Å². The SMILES string of the molecule is Cn1cnc(C(=O)N2CCN(c3ccc(N)nc3)CC2)c1. The second-order valence-electron chi connectivity index (χ2n) is 5.14. The van der Waals surface area contributed by atoms with Crippen LogP contribution in [0.4, 0.5) is 11.5 Å². The molecule has 110 valence electrons. The van der Waals surface area contributed by atoms with Crippen LogP contribution in [-0.4, -0.2) is 51.5 Å². The highest BCUT2D eigenvalue weighted by atomic mass is 16.2. The number of amides is 1. The number of nitrogen functional groups attached to an aromatic ring is 1. The smallest absolute Gasteiger partial charge is 0.274 e. The van der Waals surface area contributed by atoms with Crippen molar-refractivity contribution in [2.75, 3.05) is 36.8 Å². The minimum absolute atomic E-state index is 0.00863. The Labute approximate surface area is 123 Å². The van der Waals surface area contributed by atoms with Gasteiger partial charge >= 0.3 is 0 Å². The number of aromatic nitrogens is 3. The second-order valence-corrected chi connectivity index (χ2v) is 5.14. The van der Waals surface area contributed by atoms with Crippen LogP contribution in [0.25, 0.3) is 0 Å². The zero-order valence-electron chi connectivity index (χ0n) is 11.9. The van der Waals surface area contributed by atoms with Gasteiger partial charge in [0.1, 0.15) is 11.5 Å². The molecule has 0 saturated carbocycles. The minimum Gasteiger partial charge on any atom is -0.384 e. The molecule has 1 saturated heterocycles. The summed E-state index contributed by atoms with van der Waals surface area (Å²) in [4.78, 5) is 24.6. The summed E-state index contributed by atoms with van der Waals surface area (Å²) in [5, 5.41) is 0. The van der Waals surface area contributed by atoms with E-state index in [1.165, 1.54) is 0 Å². The number of anilines is 2. The van der Waals surface area contributed by atoms with E-state index in [-0.39, 0.29) is 5.91 Å². The van der Waals surface area contributed by atoms with E-state index >= 15 is 0 Å². The number of rotatable bonds is 2. The number of carbonyl (C=O) groups is 1. The van der Waals surface area contributed by atoms with Crippen molar-refractivity contribution in [2.45, 2.75) is 0 Å². The summed E-state index contributed by atoms with van der Waals surface area (Å²) >= 11 is 0. The monoisotopic (exact) mass is 286 g/mol. The number of carbonyl (C=O) groups excluding carboxylic acids is 1. The van der Waals surface area contributed by atoms with E-state index in [2.05, 4.69) is 14.9 Å². The quantitative estimate of drug-likeness (QED) is 0.862. The Morgan fingerprint density at radius 2 is 1.95 bits per heavy atom. The summed E-state index contributed by atoms with van der Waals surface area (Å²) in [5.74, 6) is 0.508. The van der Waals surface area contributed by atoms with E-state index in [9.17, 15) is 4.79 Å². The van der Waals surface area contributed by atoms with Crippen molar-refractivity contribution in [3.8, 4) is 0 Å². The predicted molar refractivity (Wildman–Crippen MR) is 80.0 cm³/mol. The molecule has 7 nitrogen and oxygen atoms in total. The molecule has 0 unspecified atom stereocenters. The molecule has 1 amide bonds. The highest BCUT2D eigenvalue weighted by Gasteiger charge is 2.23. The van der Waals surface area contributed by atoms with Crippen LogP contribution in [0.5, 0.6) is 0 Å². The van der Waals surface area contributed by atoms with Crippen molar-refractivity contribution < 1.29 is 4.79 Å². The van der Waals surface area contributed by atoms with Crippen molar-refractivity contribution in [3.63, 3.8) is 0 Å². The number of piperazine rings is 1. The third kappa shape index (κ3) is 2.81. The highest BCUT2D eigenvalue weighted by Crippen LogP contribution is 2.17. The molecule has 0 aliphatic carbocycles. The van der Waals surface area contributed by atoms with Gasteiger partial charge in [0.2, 0.25) is 0 Å². The van der Waals surface area contributed by atoms with Gasteiger partial charge in [-0.2, -0.15) is 0 Å². The molecule has 0 aromatic carbocycles. The number of imidazole rings is 1. The largest absolute Gasteiger partial charge is 0.384 e. The maximum Gasteiger partial charge on any atom is 0.274 e. The van der Waals surface area contributed by atoms with Crippen LogP contribution >= 0.6 is 0 Å². The molecule has 2 aromatic rings. The van der Waals surface area contributed by atoms with Crippen LogP contribution < -0.4 is 10.6 Å². The topological polar surface area (TPSA) is 80.3 Å². The molecule has 1 aliphatic heterocycles. The third-order valence-corrected chi connectivity index (χ3v) is 3.63. The molecule has 0 radical (unpaired) electrons. The van der Waals surface area contributed by atoms with Crippen LogP contribution in [0.2, 0.25) is 0 Å². The van der Waals surface area contributed by atoms with Gasteiger partial charge in [-0.3, -0.25) is 4.79 Å². The summed E-state index contributed by atoms with van der Waals surface area (Å²) in [6.45, 7) is 2.92. The first-order valence-electron chi connectivity index (χ1n) is 6.87. The maximum absolute atomic E-state index is 12.3. The molecule has 0 bridgehead atoms. The molecule has 2 aromatic heterocycles. The lowest BCUT2D eigenvalue weighted by Gasteiger charge is -2.35. The molecule has 7 heteroatoms. The van der Waals surface area contributed by atoms with Gasteiger partial charge in [-0.1, -0.05) is 0 Å². The molecule has 0 atom stereocenters. The summed E-state index contributed by atoms with van der Waals surface area (Å²) in [7, 11) is 1.86. The molecular formula is C14H18N6O. The summed E-state index contributed by atoms with van der Waals surface area (Å²) in [6.07, 6.45) is 5.16. The van der Waals surface area contributed by atoms with Gasteiger partial charge in [-0.15, -0.1) is 0 Å². The standard InChI is InChI=1S/C14H18N6O/c1-18-9-12(17-10-18)14(21)20-6-4-19(5-7-20)11-2-3-13(15)16-8-11/h2-3,8-10H,4-7H2,1H3,(H2,15,16). The van der Waals surface area contributed by atoms with Gasteiger partial charge in [0.05, 0.1) is 18.2 Å². The fourth-order valence-corrected chi connectivity index (χ4v) is 2.44. The Balaban J connectivity index is 1.62. The third-order valence-electron chi connectivity index (χ3n) is 3.63. The van der Waals surface area contributed by atoms with Gasteiger partial charge < -0.3 is 20.1 Å². The first kappa shape index (κ1) is 13.4. The fourth-order valence-electron chi connectivity index (χ4n) is 2.44. The van der Waals surface area contributed by atoms with Crippen LogP contribution in [0.3, 0.4) is 0 Å². The zero-order valence-corrected chi connectivity index (χ0v) is 11.9. The van der Waals surface area contributed by atoms with Gasteiger partial charge in [-0.05, 0) is 12.1 Å². The number of aryl methyl sites for hydroxylation is 1. The average Bonchev–Trinajstić information content (AvgIpc) is 2.94. The van der Waals surface area contributed by atoms with Crippen LogP contribution in [0.15, 0.2) is 30.9 Å². The average molecular weight is 286 g/mol. The number of nitrogens with zero attached hydrogens (tertiary/aromatic N) is 5. The molecule has 0 spiro atoms. The Morgan fingerprint density at radius 1 is 1.19 bits per heavy atom. The lowest BCUT2D eigenvalue weighted by Crippen LogP contribution is -2.48. The van der Waals surface area contributed by atoms with Crippen molar-refractivity contribution in [3.05, 3.63) is 36.5 Å². The van der Waals surface area contributed by atoms with E-state index in [0.717, 1.165) is 18.8 Å². The Kier molecular flexibility index (Phi) is 3.47. The van der Waals surface area contributed by atoms with Gasteiger partial charge in [-0.25, -0.2) is 9.97 Å². The number of hydrogen-bond acceptors (Lipinski definition) is 5. The Hall–Kier alpha value is -2.57. The molecule has 21 heavy (non-hydrogen) atoms. The van der Waals surface area contributed by atoms with Crippen LogP contribution in [0.1, 0.15) is 10.5 Å². The van der Waals surface area contributed by atoms with E-state index in [1.54, 1.807) is 29.4 Å². The van der Waals surface area contributed by atoms with Crippen molar-refractivity contribution in [1.82, 2.24) is 19.4 Å². The van der Waals surface area contributed by atoms with E-state index in [1.807, 2.05) is 18.0 Å². The van der Waals surface area contributed by atoms with E-state index in [0.29, 0.717) is 24.6 Å². The van der Waals surface area contributed by atoms with Crippen molar-refractivity contribution >= 4 is 17.4 Å². The zero-order chi connectivity index (χ0) is 14.8. The normalized spacial score (nSPS) is 15.3. The Bertz CT molecular complexity index is 627. The Morgan fingerprint density at radius 3 is 2.52 bits per heavy atom. The first-order chi connectivity index (χ1) is 10.1. The summed E-state index contributed by atoms with van der Waals surface area (Å²) < 4.78 is 1.78. The highest BCUT2D eigenvalue weighted by molar-refractivity contribution is 5.92. The summed E-state index contributed by atoms with van der Waals surface area (Å²) in [5.41, 5.74) is 7.13. The molecule has 3 heterocycles. The lowest BCUT2D eigenvalue weighted by atomic mass is 10.2. The summed E-state index contributed by atoms with van der Waals surface area (Å²) in [6, 6.07) is 3.75. The van der Waals surface area contributed by atoms with Gasteiger partial charge in [0.25, 0.3) is 5.91 Å². The molecular weight excluding hydrogens is 268 g/mol. The molecule has 1 fully saturated rings. The fraction of sp³-hybridized carbons (Fsp3) is 0.357. The number of nitrogens with two attached hydrogens (primary N) is 1. The molecule has 3 rings (SSSR count). The minimum atomic E-state index is -0.00863. The maximum atomic E-state index is 12.3. The predicted octanol–water partition coefficient (Wildman–Crippen LogP) is 0.360. The van der Waals surface area contributed by atoms with Crippen molar-refractivity contribution in [1.29, 1.82) is 0 Å². The molecule has 1 aliphatic rings. The van der Waals surface area contributed by atoms with E-state index in [4.69, 9.17) is 5.73 Å². The van der Waals surface area contributed by atoms with Crippen LogP contribution in [-0.2, 0) is 7.05 Å². The first-order valence-corrected chi connectivity index (χ1v) is 6.87.